The molecule has 108 valence electrons. The van der Waals surface area contributed by atoms with E-state index in [1.165, 1.54) is 6.07 Å². The van der Waals surface area contributed by atoms with Crippen molar-refractivity contribution < 1.29 is 13.5 Å². The van der Waals surface area contributed by atoms with Crippen molar-refractivity contribution in [3.63, 3.8) is 0 Å². The fraction of sp³-hybridized carbons (Fsp3) is 0.357. The Morgan fingerprint density at radius 2 is 2.05 bits per heavy atom. The van der Waals surface area contributed by atoms with Gasteiger partial charge in [0, 0.05) is 18.1 Å². The summed E-state index contributed by atoms with van der Waals surface area (Å²) >= 11 is 0. The highest BCUT2D eigenvalue weighted by Crippen LogP contribution is 2.21. The summed E-state index contributed by atoms with van der Waals surface area (Å²) in [5.74, 6) is 0. The molecule has 2 N–H and O–H groups in total. The van der Waals surface area contributed by atoms with Crippen molar-refractivity contribution in [1.29, 1.82) is 0 Å². The average molecular weight is 294 g/mol. The Morgan fingerprint density at radius 1 is 1.30 bits per heavy atom. The molecule has 0 aliphatic rings. The van der Waals surface area contributed by atoms with E-state index in [0.717, 1.165) is 0 Å². The summed E-state index contributed by atoms with van der Waals surface area (Å²) in [5.41, 5.74) is -0.437. The molecule has 6 heteroatoms. The Labute approximate surface area is 118 Å². The zero-order valence-electron chi connectivity index (χ0n) is 11.5. The van der Waals surface area contributed by atoms with Crippen LogP contribution in [0.1, 0.15) is 20.3 Å². The van der Waals surface area contributed by atoms with Gasteiger partial charge in [0.1, 0.15) is 0 Å². The van der Waals surface area contributed by atoms with Gasteiger partial charge in [0.15, 0.2) is 0 Å². The summed E-state index contributed by atoms with van der Waals surface area (Å²) in [5, 5.41) is 10.5. The molecule has 5 nitrogen and oxygen atoms in total. The molecule has 0 fully saturated rings. The van der Waals surface area contributed by atoms with E-state index < -0.39 is 15.6 Å². The van der Waals surface area contributed by atoms with Gasteiger partial charge < -0.3 is 5.11 Å². The normalized spacial score (nSPS) is 15.2. The molecule has 0 saturated carbocycles. The van der Waals surface area contributed by atoms with Crippen LogP contribution < -0.4 is 4.72 Å². The van der Waals surface area contributed by atoms with Crippen LogP contribution in [0.15, 0.2) is 41.4 Å². The van der Waals surface area contributed by atoms with Crippen molar-refractivity contribution in [3.05, 3.63) is 36.5 Å². The number of rotatable bonds is 5. The third-order valence-electron chi connectivity index (χ3n) is 3.30. The minimum Gasteiger partial charge on any atom is -0.389 e. The van der Waals surface area contributed by atoms with Gasteiger partial charge in [0.2, 0.25) is 10.0 Å². The lowest BCUT2D eigenvalue weighted by Gasteiger charge is -2.21. The number of benzene rings is 1. The largest absolute Gasteiger partial charge is 0.389 e. The summed E-state index contributed by atoms with van der Waals surface area (Å²) in [6.45, 7) is 3.37. The number of nitrogens with zero attached hydrogens (tertiary/aromatic N) is 1. The second kappa shape index (κ2) is 5.47. The molecule has 0 aliphatic carbocycles. The second-order valence-electron chi connectivity index (χ2n) is 5.00. The first-order valence-corrected chi connectivity index (χ1v) is 7.90. The van der Waals surface area contributed by atoms with Crippen molar-refractivity contribution in [1.82, 2.24) is 9.71 Å². The molecule has 0 bridgehead atoms. The maximum Gasteiger partial charge on any atom is 0.241 e. The van der Waals surface area contributed by atoms with E-state index >= 15 is 0 Å². The maximum atomic E-state index is 12.4. The predicted octanol–water partition coefficient (Wildman–Crippen LogP) is 1.67. The smallest absolute Gasteiger partial charge is 0.241 e. The zero-order valence-corrected chi connectivity index (χ0v) is 12.3. The lowest BCUT2D eigenvalue weighted by molar-refractivity contribution is 0.0613. The van der Waals surface area contributed by atoms with Crippen LogP contribution in [0, 0.1) is 0 Å². The van der Waals surface area contributed by atoms with Gasteiger partial charge in [0.05, 0.1) is 16.0 Å². The number of nitrogens with one attached hydrogen (secondary N) is 1. The van der Waals surface area contributed by atoms with Crippen LogP contribution in [0.2, 0.25) is 0 Å². The summed E-state index contributed by atoms with van der Waals surface area (Å²) < 4.78 is 27.2. The van der Waals surface area contributed by atoms with E-state index in [2.05, 4.69) is 9.71 Å². The molecule has 0 aliphatic heterocycles. The highest BCUT2D eigenvalue weighted by molar-refractivity contribution is 7.89. The third kappa shape index (κ3) is 3.15. The van der Waals surface area contributed by atoms with Gasteiger partial charge in [-0.3, -0.25) is 4.98 Å². The lowest BCUT2D eigenvalue weighted by atomic mass is 10.1. The zero-order chi connectivity index (χ0) is 14.8. The molecular formula is C14H18N2O3S. The van der Waals surface area contributed by atoms with Gasteiger partial charge in [0.25, 0.3) is 0 Å². The van der Waals surface area contributed by atoms with Crippen molar-refractivity contribution in [2.24, 2.45) is 0 Å². The van der Waals surface area contributed by atoms with E-state index in [4.69, 9.17) is 0 Å². The predicted molar refractivity (Wildman–Crippen MR) is 77.8 cm³/mol. The molecule has 1 aromatic carbocycles. The van der Waals surface area contributed by atoms with Crippen LogP contribution >= 0.6 is 0 Å². The SMILES string of the molecule is CCC(C)(O)CNS(=O)(=O)c1cccc2ncccc12. The van der Waals surface area contributed by atoms with Crippen LogP contribution in [-0.4, -0.2) is 30.7 Å². The maximum absolute atomic E-state index is 12.4. The summed E-state index contributed by atoms with van der Waals surface area (Å²) in [6.07, 6.45) is 2.08. The Morgan fingerprint density at radius 3 is 2.75 bits per heavy atom. The van der Waals surface area contributed by atoms with Crippen molar-refractivity contribution in [3.8, 4) is 0 Å². The number of hydrogen-bond acceptors (Lipinski definition) is 4. The minimum atomic E-state index is -3.68. The molecule has 1 unspecified atom stereocenters. The first-order chi connectivity index (χ1) is 9.36. The van der Waals surface area contributed by atoms with Crippen LogP contribution in [0.5, 0.6) is 0 Å². The molecule has 0 radical (unpaired) electrons. The first-order valence-electron chi connectivity index (χ1n) is 6.41. The monoisotopic (exact) mass is 294 g/mol. The van der Waals surface area contributed by atoms with Gasteiger partial charge in [-0.1, -0.05) is 13.0 Å². The molecule has 0 amide bonds. The Bertz CT molecular complexity index is 706. The minimum absolute atomic E-state index is 0.0253. The number of hydrogen-bond donors (Lipinski definition) is 2. The van der Waals surface area contributed by atoms with E-state index in [0.29, 0.717) is 17.3 Å². The molecule has 2 rings (SSSR count). The lowest BCUT2D eigenvalue weighted by Crippen LogP contribution is -2.40. The van der Waals surface area contributed by atoms with Gasteiger partial charge >= 0.3 is 0 Å². The molecular weight excluding hydrogens is 276 g/mol. The topological polar surface area (TPSA) is 79.3 Å². The second-order valence-corrected chi connectivity index (χ2v) is 6.74. The Kier molecular flexibility index (Phi) is 4.08. The van der Waals surface area contributed by atoms with Crippen molar-refractivity contribution in [2.75, 3.05) is 6.54 Å². The number of aliphatic hydroxyl groups is 1. The fourth-order valence-corrected chi connectivity index (χ4v) is 3.14. The molecule has 1 atom stereocenters. The Hall–Kier alpha value is -1.50. The van der Waals surface area contributed by atoms with Gasteiger partial charge in [-0.25, -0.2) is 13.1 Å². The Balaban J connectivity index is 2.38. The molecule has 1 aromatic heterocycles. The van der Waals surface area contributed by atoms with E-state index in [9.17, 15) is 13.5 Å². The fourth-order valence-electron chi connectivity index (χ4n) is 1.76. The first kappa shape index (κ1) is 14.9. The van der Waals surface area contributed by atoms with E-state index in [-0.39, 0.29) is 11.4 Å². The number of sulfonamides is 1. The highest BCUT2D eigenvalue weighted by Gasteiger charge is 2.23. The van der Waals surface area contributed by atoms with Crippen molar-refractivity contribution in [2.45, 2.75) is 30.8 Å². The summed E-state index contributed by atoms with van der Waals surface area (Å²) in [6, 6.07) is 8.36. The summed E-state index contributed by atoms with van der Waals surface area (Å²) in [4.78, 5) is 4.31. The number of aromatic nitrogens is 1. The molecule has 0 saturated heterocycles. The molecule has 2 aromatic rings. The van der Waals surface area contributed by atoms with Crippen LogP contribution in [0.4, 0.5) is 0 Å². The molecule has 20 heavy (non-hydrogen) atoms. The van der Waals surface area contributed by atoms with E-state index in [1.807, 2.05) is 0 Å². The quantitative estimate of drug-likeness (QED) is 0.879. The van der Waals surface area contributed by atoms with Crippen LogP contribution in [0.3, 0.4) is 0 Å². The molecule has 0 spiro atoms. The molecule has 1 heterocycles. The van der Waals surface area contributed by atoms with Crippen molar-refractivity contribution >= 4 is 20.9 Å². The van der Waals surface area contributed by atoms with Gasteiger partial charge in [-0.2, -0.15) is 0 Å². The van der Waals surface area contributed by atoms with Gasteiger partial charge in [-0.05, 0) is 37.6 Å². The standard InChI is InChI=1S/C14H18N2O3S/c1-3-14(2,17)10-16-20(18,19)13-8-4-7-12-11(13)6-5-9-15-12/h4-9,16-17H,3,10H2,1-2H3. The average Bonchev–Trinajstić information content (AvgIpc) is 2.45. The van der Waals surface area contributed by atoms with Gasteiger partial charge in [-0.15, -0.1) is 0 Å². The number of pyridine rings is 1. The number of fused-ring (bicyclic) bond motifs is 1. The van der Waals surface area contributed by atoms with Crippen LogP contribution in [0.25, 0.3) is 10.9 Å². The third-order valence-corrected chi connectivity index (χ3v) is 4.76. The van der Waals surface area contributed by atoms with Crippen LogP contribution in [-0.2, 0) is 10.0 Å². The summed E-state index contributed by atoms with van der Waals surface area (Å²) in [7, 11) is -3.68. The van der Waals surface area contributed by atoms with E-state index in [1.54, 1.807) is 44.3 Å². The highest BCUT2D eigenvalue weighted by atomic mass is 32.2.